The number of nitrogens with zero attached hydrogens (tertiary/aromatic N) is 2. The van der Waals surface area contributed by atoms with Gasteiger partial charge in [0.15, 0.2) is 5.76 Å². The fourth-order valence-corrected chi connectivity index (χ4v) is 3.88. The van der Waals surface area contributed by atoms with Crippen LogP contribution in [-0.2, 0) is 12.8 Å². The van der Waals surface area contributed by atoms with E-state index in [9.17, 15) is 14.9 Å². The number of aryl methyl sites for hydroxylation is 1. The highest BCUT2D eigenvalue weighted by atomic mass is 32.1. The second kappa shape index (κ2) is 6.96. The van der Waals surface area contributed by atoms with Gasteiger partial charge in [-0.1, -0.05) is 13.3 Å². The Morgan fingerprint density at radius 1 is 1.58 bits per heavy atom. The van der Waals surface area contributed by atoms with Crippen LogP contribution in [0.25, 0.3) is 0 Å². The lowest BCUT2D eigenvalue weighted by atomic mass is 9.87. The van der Waals surface area contributed by atoms with Gasteiger partial charge in [-0.25, -0.2) is 5.43 Å². The largest absolute Gasteiger partial charge is 0.433 e. The lowest BCUT2D eigenvalue weighted by Crippen LogP contribution is -2.16. The lowest BCUT2D eigenvalue weighted by Gasteiger charge is -2.19. The van der Waals surface area contributed by atoms with Crippen LogP contribution in [-0.4, -0.2) is 17.0 Å². The molecular weight excluding hydrogens is 330 g/mol. The van der Waals surface area contributed by atoms with E-state index in [0.717, 1.165) is 19.3 Å². The number of fused-ring (bicyclic) bond motifs is 1. The van der Waals surface area contributed by atoms with Crippen LogP contribution in [0.1, 0.15) is 45.6 Å². The molecule has 1 aliphatic carbocycles. The zero-order valence-electron chi connectivity index (χ0n) is 13.2. The molecule has 0 spiro atoms. The molecule has 2 heterocycles. The summed E-state index contributed by atoms with van der Waals surface area (Å²) in [6.45, 7) is 2.20. The third kappa shape index (κ3) is 3.53. The molecule has 0 aromatic carbocycles. The number of nitrogens with one attached hydrogen (secondary N) is 1. The maximum Gasteiger partial charge on any atom is 0.433 e. The summed E-state index contributed by atoms with van der Waals surface area (Å²) in [5.74, 6) is 0.271. The Bertz CT molecular complexity index is 793. The molecule has 0 unspecified atom stereocenters. The van der Waals surface area contributed by atoms with Crippen LogP contribution < -0.4 is 5.43 Å². The van der Waals surface area contributed by atoms with Crippen LogP contribution in [0.4, 0.5) is 5.88 Å². The average molecular weight is 347 g/mol. The summed E-state index contributed by atoms with van der Waals surface area (Å²) in [5, 5.41) is 14.3. The Morgan fingerprint density at radius 2 is 2.42 bits per heavy atom. The van der Waals surface area contributed by atoms with Gasteiger partial charge in [0.25, 0.3) is 5.91 Å². The molecule has 3 rings (SSSR count). The van der Waals surface area contributed by atoms with E-state index >= 15 is 0 Å². The van der Waals surface area contributed by atoms with E-state index in [1.807, 2.05) is 6.07 Å². The van der Waals surface area contributed by atoms with Crippen molar-refractivity contribution in [3.05, 3.63) is 49.4 Å². The Kier molecular flexibility index (Phi) is 4.75. The maximum atomic E-state index is 12.2. The molecule has 0 saturated carbocycles. The van der Waals surface area contributed by atoms with Crippen molar-refractivity contribution in [2.75, 3.05) is 0 Å². The predicted molar refractivity (Wildman–Crippen MR) is 90.5 cm³/mol. The molecule has 1 atom stereocenters. The fourth-order valence-electron chi connectivity index (χ4n) is 2.78. The van der Waals surface area contributed by atoms with Crippen molar-refractivity contribution in [1.29, 1.82) is 0 Å². The molecule has 8 heteroatoms. The van der Waals surface area contributed by atoms with Crippen molar-refractivity contribution in [2.24, 2.45) is 11.0 Å². The molecule has 0 radical (unpaired) electrons. The minimum absolute atomic E-state index is 0.207. The van der Waals surface area contributed by atoms with Crippen LogP contribution in [0, 0.1) is 16.0 Å². The first-order valence-corrected chi connectivity index (χ1v) is 8.57. The topological polar surface area (TPSA) is 97.7 Å². The van der Waals surface area contributed by atoms with E-state index in [-0.39, 0.29) is 17.6 Å². The Labute approximate surface area is 142 Å². The van der Waals surface area contributed by atoms with Crippen molar-refractivity contribution in [1.82, 2.24) is 5.43 Å². The van der Waals surface area contributed by atoms with Gasteiger partial charge in [0.2, 0.25) is 0 Å². The molecule has 1 amide bonds. The molecule has 0 saturated heterocycles. The molecule has 1 N–H and O–H groups in total. The number of furan rings is 1. The molecule has 0 fully saturated rings. The Balaban J connectivity index is 1.62. The number of hydrogen-bond acceptors (Lipinski definition) is 6. The summed E-state index contributed by atoms with van der Waals surface area (Å²) in [5.41, 5.74) is 3.70. The number of hydrogen-bond donors (Lipinski definition) is 1. The van der Waals surface area contributed by atoms with Crippen molar-refractivity contribution in [3.63, 3.8) is 0 Å². The van der Waals surface area contributed by atoms with Crippen LogP contribution >= 0.6 is 11.3 Å². The van der Waals surface area contributed by atoms with Crippen LogP contribution in [0.3, 0.4) is 0 Å². The van der Waals surface area contributed by atoms with E-state index in [2.05, 4.69) is 17.5 Å². The SMILES string of the molecule is CC[C@@H]1CCc2sc(C(=O)N/N=C\c3ccc([N+](=O)[O-])o3)cc2C1. The zero-order valence-corrected chi connectivity index (χ0v) is 14.0. The number of rotatable bonds is 5. The van der Waals surface area contributed by atoms with Crippen molar-refractivity contribution in [3.8, 4) is 0 Å². The summed E-state index contributed by atoms with van der Waals surface area (Å²) in [6, 6.07) is 4.60. The van der Waals surface area contributed by atoms with Gasteiger partial charge in [0, 0.05) is 4.88 Å². The van der Waals surface area contributed by atoms with E-state index in [0.29, 0.717) is 10.8 Å². The highest BCUT2D eigenvalue weighted by Crippen LogP contribution is 2.33. The third-order valence-corrected chi connectivity index (χ3v) is 5.37. The molecule has 24 heavy (non-hydrogen) atoms. The lowest BCUT2D eigenvalue weighted by molar-refractivity contribution is -0.402. The fraction of sp³-hybridized carbons (Fsp3) is 0.375. The van der Waals surface area contributed by atoms with Gasteiger partial charge >= 0.3 is 5.88 Å². The van der Waals surface area contributed by atoms with E-state index in [4.69, 9.17) is 4.42 Å². The Hall–Kier alpha value is -2.48. The summed E-state index contributed by atoms with van der Waals surface area (Å²) in [6.07, 6.45) is 5.66. The summed E-state index contributed by atoms with van der Waals surface area (Å²) >= 11 is 1.51. The first-order chi connectivity index (χ1) is 11.6. The molecule has 126 valence electrons. The number of carbonyl (C=O) groups is 1. The van der Waals surface area contributed by atoms with E-state index < -0.39 is 4.92 Å². The van der Waals surface area contributed by atoms with Gasteiger partial charge in [-0.05, 0) is 42.9 Å². The summed E-state index contributed by atoms with van der Waals surface area (Å²) in [7, 11) is 0. The number of amides is 1. The minimum Gasteiger partial charge on any atom is -0.400 e. The normalized spacial score (nSPS) is 17.0. The van der Waals surface area contributed by atoms with Crippen LogP contribution in [0.5, 0.6) is 0 Å². The highest BCUT2D eigenvalue weighted by Gasteiger charge is 2.21. The average Bonchev–Trinajstić information content (AvgIpc) is 3.20. The van der Waals surface area contributed by atoms with Gasteiger partial charge in [-0.3, -0.25) is 14.9 Å². The van der Waals surface area contributed by atoms with Crippen LogP contribution in [0.15, 0.2) is 27.7 Å². The number of hydrazone groups is 1. The number of thiophene rings is 1. The first kappa shape index (κ1) is 16.4. The van der Waals surface area contributed by atoms with E-state index in [1.54, 1.807) is 0 Å². The smallest absolute Gasteiger partial charge is 0.400 e. The molecule has 2 aromatic heterocycles. The molecule has 0 aliphatic heterocycles. The van der Waals surface area contributed by atoms with Crippen molar-refractivity contribution >= 4 is 29.3 Å². The second-order valence-corrected chi connectivity index (χ2v) is 6.85. The highest BCUT2D eigenvalue weighted by molar-refractivity contribution is 7.14. The van der Waals surface area contributed by atoms with Gasteiger partial charge in [0.05, 0.1) is 17.2 Å². The predicted octanol–water partition coefficient (Wildman–Crippen LogP) is 3.53. The van der Waals surface area contributed by atoms with E-state index in [1.165, 1.54) is 46.5 Å². The third-order valence-electron chi connectivity index (χ3n) is 4.14. The standard InChI is InChI=1S/C16H17N3O4S/c1-2-10-3-5-13-11(7-10)8-14(24-13)16(20)18-17-9-12-4-6-15(23-12)19(21)22/h4,6,8-10H,2-3,5,7H2,1H3,(H,18,20)/b17-9-/t10-/m1/s1. The van der Waals surface area contributed by atoms with Crippen molar-refractivity contribution < 1.29 is 14.1 Å². The number of carbonyl (C=O) groups excluding carboxylic acids is 1. The molecule has 0 bridgehead atoms. The monoisotopic (exact) mass is 347 g/mol. The Morgan fingerprint density at radius 3 is 3.12 bits per heavy atom. The number of nitro groups is 1. The van der Waals surface area contributed by atoms with Gasteiger partial charge < -0.3 is 4.42 Å². The molecule has 2 aromatic rings. The van der Waals surface area contributed by atoms with Gasteiger partial charge in [0.1, 0.15) is 4.92 Å². The second-order valence-electron chi connectivity index (χ2n) is 5.71. The minimum atomic E-state index is -0.629. The molecular formula is C16H17N3O4S. The van der Waals surface area contributed by atoms with Crippen molar-refractivity contribution in [2.45, 2.75) is 32.6 Å². The van der Waals surface area contributed by atoms with Crippen LogP contribution in [0.2, 0.25) is 0 Å². The summed E-state index contributed by atoms with van der Waals surface area (Å²) in [4.78, 5) is 24.0. The first-order valence-electron chi connectivity index (χ1n) is 7.76. The quantitative estimate of drug-likeness (QED) is 0.508. The maximum absolute atomic E-state index is 12.2. The zero-order chi connectivity index (χ0) is 17.1. The summed E-state index contributed by atoms with van der Waals surface area (Å²) < 4.78 is 4.93. The molecule has 1 aliphatic rings. The van der Waals surface area contributed by atoms with Gasteiger partial charge in [-0.2, -0.15) is 5.10 Å². The van der Waals surface area contributed by atoms with Gasteiger partial charge in [-0.15, -0.1) is 11.3 Å². The molecule has 7 nitrogen and oxygen atoms in total.